The predicted molar refractivity (Wildman–Crippen MR) is 101 cm³/mol. The van der Waals surface area contributed by atoms with Crippen LogP contribution in [0.15, 0.2) is 42.9 Å². The second-order valence-corrected chi connectivity index (χ2v) is 6.78. The van der Waals surface area contributed by atoms with Crippen molar-refractivity contribution in [3.05, 3.63) is 63.6 Å². The maximum absolute atomic E-state index is 14.0. The van der Waals surface area contributed by atoms with Gasteiger partial charge in [0.1, 0.15) is 22.8 Å². The number of halogens is 3. The lowest BCUT2D eigenvalue weighted by Crippen LogP contribution is -2.06. The number of hydrogen-bond acceptors (Lipinski definition) is 5. The Morgan fingerprint density at radius 2 is 1.85 bits per heavy atom. The van der Waals surface area contributed by atoms with Crippen LogP contribution in [0.25, 0.3) is 22.6 Å². The molecule has 0 radical (unpaired) electrons. The number of nitrogen functional groups attached to an aromatic ring is 1. The van der Waals surface area contributed by atoms with E-state index < -0.39 is 11.6 Å². The maximum atomic E-state index is 14.0. The highest BCUT2D eigenvalue weighted by Crippen LogP contribution is 2.26. The summed E-state index contributed by atoms with van der Waals surface area (Å²) in [6.45, 7) is -0.0648. The fourth-order valence-corrected chi connectivity index (χ4v) is 3.10. The summed E-state index contributed by atoms with van der Waals surface area (Å²) in [5, 5.41) is 0. The number of pyridine rings is 1. The van der Waals surface area contributed by atoms with E-state index in [2.05, 4.69) is 42.5 Å². The molecule has 0 spiro atoms. The molecule has 0 bridgehead atoms. The smallest absolute Gasteiger partial charge is 0.222 e. The summed E-state index contributed by atoms with van der Waals surface area (Å²) in [6, 6.07) is 7.44. The van der Waals surface area contributed by atoms with Crippen molar-refractivity contribution in [1.29, 1.82) is 0 Å². The Balaban J connectivity index is 1.87. The number of anilines is 1. The first kappa shape index (κ1) is 16.8. The number of hydrogen-bond donors (Lipinski definition) is 1. The van der Waals surface area contributed by atoms with Gasteiger partial charge in [-0.1, -0.05) is 6.07 Å². The molecule has 3 aromatic heterocycles. The lowest BCUT2D eigenvalue weighted by atomic mass is 10.2. The molecule has 0 fully saturated rings. The van der Waals surface area contributed by atoms with Gasteiger partial charge in [0.05, 0.1) is 18.6 Å². The van der Waals surface area contributed by atoms with E-state index in [9.17, 15) is 8.78 Å². The molecule has 2 N–H and O–H groups in total. The van der Waals surface area contributed by atoms with E-state index in [-0.39, 0.29) is 18.1 Å². The van der Waals surface area contributed by atoms with Crippen molar-refractivity contribution in [3.63, 3.8) is 0 Å². The summed E-state index contributed by atoms with van der Waals surface area (Å²) in [4.78, 5) is 17.1. The third-order valence-corrected chi connectivity index (χ3v) is 4.51. The van der Waals surface area contributed by atoms with Crippen molar-refractivity contribution in [3.8, 4) is 11.4 Å². The highest BCUT2D eigenvalue weighted by atomic mass is 127. The van der Waals surface area contributed by atoms with Crippen LogP contribution >= 0.6 is 22.6 Å². The monoisotopic (exact) mass is 464 g/mol. The fraction of sp³-hybridized carbons (Fsp3) is 0.0588. The molecule has 0 saturated carbocycles. The molecule has 1 aromatic carbocycles. The van der Waals surface area contributed by atoms with Crippen LogP contribution in [0.5, 0.6) is 0 Å². The molecule has 9 heteroatoms. The standard InChI is InChI=1S/C17H11F2IN6/c18-11-2-1-3-12(19)10(11)7-26-8-23-15-14(24-17(21)25-16(15)26)13-6-9(20)4-5-22-13/h1-6,8H,7H2,(H2,21,24,25). The Morgan fingerprint density at radius 1 is 1.08 bits per heavy atom. The van der Waals surface area contributed by atoms with Crippen LogP contribution in [0.2, 0.25) is 0 Å². The number of aromatic nitrogens is 5. The Morgan fingerprint density at radius 3 is 2.58 bits per heavy atom. The molecule has 0 atom stereocenters. The first-order valence-electron chi connectivity index (χ1n) is 7.56. The van der Waals surface area contributed by atoms with Gasteiger partial charge in [-0.15, -0.1) is 0 Å². The highest BCUT2D eigenvalue weighted by Gasteiger charge is 2.17. The average molecular weight is 464 g/mol. The molecule has 4 rings (SSSR count). The molecule has 0 aliphatic carbocycles. The first-order chi connectivity index (χ1) is 12.5. The summed E-state index contributed by atoms with van der Waals surface area (Å²) < 4.78 is 30.4. The van der Waals surface area contributed by atoms with Crippen LogP contribution in [-0.2, 0) is 6.54 Å². The van der Waals surface area contributed by atoms with E-state index in [1.54, 1.807) is 6.20 Å². The van der Waals surface area contributed by atoms with E-state index in [0.29, 0.717) is 22.6 Å². The maximum Gasteiger partial charge on any atom is 0.222 e. The van der Waals surface area contributed by atoms with E-state index in [1.807, 2.05) is 12.1 Å². The Labute approximate surface area is 160 Å². The van der Waals surface area contributed by atoms with E-state index in [4.69, 9.17) is 5.73 Å². The number of benzene rings is 1. The van der Waals surface area contributed by atoms with Crippen LogP contribution in [0.1, 0.15) is 5.56 Å². The minimum Gasteiger partial charge on any atom is -0.368 e. The molecule has 0 saturated heterocycles. The quantitative estimate of drug-likeness (QED) is 0.470. The van der Waals surface area contributed by atoms with Crippen molar-refractivity contribution < 1.29 is 8.78 Å². The number of fused-ring (bicyclic) bond motifs is 1. The molecule has 0 aliphatic rings. The number of imidazole rings is 1. The molecule has 0 aliphatic heterocycles. The second kappa shape index (κ2) is 6.56. The van der Waals surface area contributed by atoms with E-state index >= 15 is 0 Å². The van der Waals surface area contributed by atoms with E-state index in [0.717, 1.165) is 3.57 Å². The third-order valence-electron chi connectivity index (χ3n) is 3.84. The lowest BCUT2D eigenvalue weighted by molar-refractivity contribution is 0.546. The number of rotatable bonds is 3. The Kier molecular flexibility index (Phi) is 4.23. The zero-order valence-corrected chi connectivity index (χ0v) is 15.4. The van der Waals surface area contributed by atoms with Gasteiger partial charge in [0.15, 0.2) is 5.65 Å². The predicted octanol–water partition coefficient (Wildman–Crippen LogP) is 3.40. The summed E-state index contributed by atoms with van der Waals surface area (Å²) in [6.07, 6.45) is 3.12. The van der Waals surface area contributed by atoms with E-state index in [1.165, 1.54) is 29.1 Å². The Bertz CT molecular complexity index is 1110. The SMILES string of the molecule is Nc1nc(-c2cc(I)ccn2)c2ncn(Cc3c(F)cccc3F)c2n1. The molecule has 4 aromatic rings. The van der Waals surface area contributed by atoms with Gasteiger partial charge in [0.25, 0.3) is 0 Å². The van der Waals surface area contributed by atoms with Gasteiger partial charge in [-0.3, -0.25) is 4.98 Å². The number of nitrogens with zero attached hydrogens (tertiary/aromatic N) is 5. The van der Waals surface area contributed by atoms with Gasteiger partial charge in [-0.25, -0.2) is 18.7 Å². The van der Waals surface area contributed by atoms with Gasteiger partial charge in [0, 0.05) is 15.3 Å². The number of nitrogens with two attached hydrogens (primary N) is 1. The van der Waals surface area contributed by atoms with Crippen molar-refractivity contribution >= 4 is 39.7 Å². The minimum atomic E-state index is -0.631. The Hall–Kier alpha value is -2.69. The third kappa shape index (κ3) is 2.98. The van der Waals surface area contributed by atoms with Crippen molar-refractivity contribution in [2.24, 2.45) is 0 Å². The summed E-state index contributed by atoms with van der Waals surface area (Å²) in [5.41, 5.74) is 7.68. The van der Waals surface area contributed by atoms with Crippen LogP contribution in [0.3, 0.4) is 0 Å². The molecule has 0 unspecified atom stereocenters. The largest absolute Gasteiger partial charge is 0.368 e. The fourth-order valence-electron chi connectivity index (χ4n) is 2.64. The van der Waals surface area contributed by atoms with Crippen LogP contribution in [0, 0.1) is 15.2 Å². The van der Waals surface area contributed by atoms with Gasteiger partial charge in [0.2, 0.25) is 5.95 Å². The first-order valence-corrected chi connectivity index (χ1v) is 8.64. The van der Waals surface area contributed by atoms with Crippen molar-refractivity contribution in [2.45, 2.75) is 6.54 Å². The van der Waals surface area contributed by atoms with Crippen LogP contribution in [0.4, 0.5) is 14.7 Å². The summed E-state index contributed by atoms with van der Waals surface area (Å²) in [7, 11) is 0. The molecule has 130 valence electrons. The molecule has 26 heavy (non-hydrogen) atoms. The normalized spacial score (nSPS) is 11.2. The molecule has 6 nitrogen and oxygen atoms in total. The highest BCUT2D eigenvalue weighted by molar-refractivity contribution is 14.1. The van der Waals surface area contributed by atoms with Crippen LogP contribution < -0.4 is 5.73 Å². The topological polar surface area (TPSA) is 82.5 Å². The zero-order valence-electron chi connectivity index (χ0n) is 13.2. The molecular formula is C17H11F2IN6. The molecular weight excluding hydrogens is 453 g/mol. The average Bonchev–Trinajstić information content (AvgIpc) is 3.00. The van der Waals surface area contributed by atoms with Gasteiger partial charge in [-0.05, 0) is 46.9 Å². The summed E-state index contributed by atoms with van der Waals surface area (Å²) >= 11 is 2.17. The minimum absolute atomic E-state index is 0.0314. The van der Waals surface area contributed by atoms with Gasteiger partial charge in [-0.2, -0.15) is 4.98 Å². The van der Waals surface area contributed by atoms with Gasteiger partial charge < -0.3 is 10.3 Å². The van der Waals surface area contributed by atoms with Crippen molar-refractivity contribution in [1.82, 2.24) is 24.5 Å². The van der Waals surface area contributed by atoms with Crippen LogP contribution in [-0.4, -0.2) is 24.5 Å². The zero-order chi connectivity index (χ0) is 18.3. The second-order valence-electron chi connectivity index (χ2n) is 5.53. The lowest BCUT2D eigenvalue weighted by Gasteiger charge is -2.08. The molecule has 3 heterocycles. The summed E-state index contributed by atoms with van der Waals surface area (Å²) in [5.74, 6) is -1.23. The van der Waals surface area contributed by atoms with Crippen molar-refractivity contribution in [2.75, 3.05) is 5.73 Å². The van der Waals surface area contributed by atoms with Gasteiger partial charge >= 0.3 is 0 Å². The molecule has 0 amide bonds.